The number of anilines is 2. The maximum Gasteiger partial charge on any atom is 0.294 e. The molecule has 166 valence electrons. The summed E-state index contributed by atoms with van der Waals surface area (Å²) in [6.45, 7) is 2.57. The van der Waals surface area contributed by atoms with Crippen molar-refractivity contribution in [3.8, 4) is 11.5 Å². The number of imide groups is 1. The molecular weight excluding hydrogens is 434 g/mol. The summed E-state index contributed by atoms with van der Waals surface area (Å²) >= 11 is 0.711. The standard InChI is InChI=1S/C22H21N3O6S/c26-17-6-1-14(11-18(17)27)12-19-21(29)25(22(30)32-19)13-20(28)23-15-2-4-16(5-3-15)24-7-9-31-10-8-24/h1-6,11-12,26-27H,7-10,13H2,(H,23,28)/b19-12-. The Balaban J connectivity index is 1.37. The zero-order valence-electron chi connectivity index (χ0n) is 17.0. The third-order valence-corrected chi connectivity index (χ3v) is 5.91. The van der Waals surface area contributed by atoms with Crippen LogP contribution >= 0.6 is 11.8 Å². The van der Waals surface area contributed by atoms with E-state index in [1.165, 1.54) is 24.3 Å². The Morgan fingerprint density at radius 1 is 1.06 bits per heavy atom. The van der Waals surface area contributed by atoms with Gasteiger partial charge in [-0.2, -0.15) is 0 Å². The van der Waals surface area contributed by atoms with Crippen molar-refractivity contribution >= 4 is 46.3 Å². The summed E-state index contributed by atoms with van der Waals surface area (Å²) in [6.07, 6.45) is 1.42. The van der Waals surface area contributed by atoms with Crippen molar-refractivity contribution < 1.29 is 29.3 Å². The Bertz CT molecular complexity index is 1080. The quantitative estimate of drug-likeness (QED) is 0.465. The highest BCUT2D eigenvalue weighted by atomic mass is 32.2. The molecule has 2 heterocycles. The number of hydrogen-bond donors (Lipinski definition) is 3. The second-order valence-corrected chi connectivity index (χ2v) is 8.20. The first-order valence-corrected chi connectivity index (χ1v) is 10.7. The van der Waals surface area contributed by atoms with Gasteiger partial charge in [-0.15, -0.1) is 0 Å². The Morgan fingerprint density at radius 2 is 1.78 bits per heavy atom. The van der Waals surface area contributed by atoms with Gasteiger partial charge < -0.3 is 25.2 Å². The topological polar surface area (TPSA) is 119 Å². The minimum absolute atomic E-state index is 0.128. The van der Waals surface area contributed by atoms with Gasteiger partial charge in [-0.05, 0) is 59.8 Å². The Morgan fingerprint density at radius 3 is 2.47 bits per heavy atom. The summed E-state index contributed by atoms with van der Waals surface area (Å²) < 4.78 is 5.34. The highest BCUT2D eigenvalue weighted by Gasteiger charge is 2.36. The van der Waals surface area contributed by atoms with Gasteiger partial charge in [-0.25, -0.2) is 0 Å². The van der Waals surface area contributed by atoms with E-state index < -0.39 is 23.6 Å². The lowest BCUT2D eigenvalue weighted by Gasteiger charge is -2.28. The van der Waals surface area contributed by atoms with E-state index in [4.69, 9.17) is 4.74 Å². The molecule has 3 N–H and O–H groups in total. The largest absolute Gasteiger partial charge is 0.504 e. The van der Waals surface area contributed by atoms with E-state index in [1.807, 2.05) is 12.1 Å². The zero-order chi connectivity index (χ0) is 22.7. The van der Waals surface area contributed by atoms with Crippen molar-refractivity contribution in [2.24, 2.45) is 0 Å². The third kappa shape index (κ3) is 4.87. The number of aromatic hydroxyl groups is 2. The number of rotatable bonds is 5. The van der Waals surface area contributed by atoms with E-state index in [-0.39, 0.29) is 16.4 Å². The number of carbonyl (C=O) groups is 3. The lowest BCUT2D eigenvalue weighted by molar-refractivity contribution is -0.127. The number of thioether (sulfide) groups is 1. The molecular formula is C22H21N3O6S. The molecule has 2 saturated heterocycles. The fraction of sp³-hybridized carbons (Fsp3) is 0.227. The predicted molar refractivity (Wildman–Crippen MR) is 121 cm³/mol. The van der Waals surface area contributed by atoms with Gasteiger partial charge in [0.2, 0.25) is 5.91 Å². The van der Waals surface area contributed by atoms with Gasteiger partial charge in [0.1, 0.15) is 6.54 Å². The molecule has 32 heavy (non-hydrogen) atoms. The fourth-order valence-electron chi connectivity index (χ4n) is 3.34. The molecule has 10 heteroatoms. The average Bonchev–Trinajstić information content (AvgIpc) is 3.04. The van der Waals surface area contributed by atoms with Crippen LogP contribution in [-0.2, 0) is 14.3 Å². The van der Waals surface area contributed by atoms with Gasteiger partial charge >= 0.3 is 0 Å². The Kier molecular flexibility index (Phi) is 6.33. The molecule has 2 aliphatic rings. The molecule has 2 aromatic rings. The molecule has 0 aromatic heterocycles. The number of ether oxygens (including phenoxy) is 1. The Hall–Kier alpha value is -3.50. The Labute approximate surface area is 188 Å². The van der Waals surface area contributed by atoms with Crippen molar-refractivity contribution in [3.05, 3.63) is 52.9 Å². The molecule has 3 amide bonds. The van der Waals surface area contributed by atoms with Crippen LogP contribution in [0.25, 0.3) is 6.08 Å². The number of benzene rings is 2. The highest BCUT2D eigenvalue weighted by molar-refractivity contribution is 8.18. The molecule has 4 rings (SSSR count). The maximum absolute atomic E-state index is 12.6. The number of phenols is 2. The molecule has 0 radical (unpaired) electrons. The molecule has 0 spiro atoms. The first-order chi connectivity index (χ1) is 15.4. The smallest absolute Gasteiger partial charge is 0.294 e. The lowest BCUT2D eigenvalue weighted by Crippen LogP contribution is -2.36. The van der Waals surface area contributed by atoms with Gasteiger partial charge in [0.05, 0.1) is 18.1 Å². The molecule has 0 saturated carbocycles. The van der Waals surface area contributed by atoms with Crippen molar-refractivity contribution in [3.63, 3.8) is 0 Å². The predicted octanol–water partition coefficient (Wildman–Crippen LogP) is 2.61. The van der Waals surface area contributed by atoms with Crippen molar-refractivity contribution in [1.29, 1.82) is 0 Å². The lowest BCUT2D eigenvalue weighted by atomic mass is 10.2. The zero-order valence-corrected chi connectivity index (χ0v) is 17.8. The SMILES string of the molecule is O=C(CN1C(=O)S/C(=C\c2ccc(O)c(O)c2)C1=O)Nc1ccc(N2CCOCC2)cc1. The highest BCUT2D eigenvalue weighted by Crippen LogP contribution is 2.33. The van der Waals surface area contributed by atoms with Crippen LogP contribution in [0.3, 0.4) is 0 Å². The number of carbonyl (C=O) groups excluding carboxylic acids is 3. The van der Waals surface area contributed by atoms with Crippen LogP contribution in [0.15, 0.2) is 47.4 Å². The number of morpholine rings is 1. The monoisotopic (exact) mass is 455 g/mol. The number of nitrogens with one attached hydrogen (secondary N) is 1. The van der Waals surface area contributed by atoms with E-state index >= 15 is 0 Å². The van der Waals surface area contributed by atoms with Crippen LogP contribution in [0, 0.1) is 0 Å². The van der Waals surface area contributed by atoms with E-state index in [0.717, 1.165) is 23.7 Å². The van der Waals surface area contributed by atoms with Gasteiger partial charge in [0, 0.05) is 24.5 Å². The molecule has 0 atom stereocenters. The molecule has 2 aromatic carbocycles. The minimum Gasteiger partial charge on any atom is -0.504 e. The van der Waals surface area contributed by atoms with Gasteiger partial charge in [-0.3, -0.25) is 19.3 Å². The van der Waals surface area contributed by atoms with Crippen LogP contribution in [0.4, 0.5) is 16.2 Å². The first kappa shape index (κ1) is 21.7. The summed E-state index contributed by atoms with van der Waals surface area (Å²) in [5.41, 5.74) is 2.03. The number of amides is 3. The third-order valence-electron chi connectivity index (χ3n) is 5.00. The first-order valence-electron chi connectivity index (χ1n) is 9.90. The maximum atomic E-state index is 12.6. The molecule has 0 aliphatic carbocycles. The molecule has 9 nitrogen and oxygen atoms in total. The van der Waals surface area contributed by atoms with Crippen LogP contribution in [-0.4, -0.2) is 65.0 Å². The van der Waals surface area contributed by atoms with Gasteiger partial charge in [0.25, 0.3) is 11.1 Å². The molecule has 0 bridgehead atoms. The summed E-state index contributed by atoms with van der Waals surface area (Å²) in [5, 5.41) is 21.1. The summed E-state index contributed by atoms with van der Waals surface area (Å²) in [5.74, 6) is -1.71. The number of nitrogens with zero attached hydrogens (tertiary/aromatic N) is 2. The average molecular weight is 455 g/mol. The van der Waals surface area contributed by atoms with Crippen LogP contribution < -0.4 is 10.2 Å². The van der Waals surface area contributed by atoms with Crippen molar-refractivity contribution in [2.45, 2.75) is 0 Å². The van der Waals surface area contributed by atoms with Crippen LogP contribution in [0.1, 0.15) is 5.56 Å². The van der Waals surface area contributed by atoms with E-state index in [9.17, 15) is 24.6 Å². The number of hydrogen-bond acceptors (Lipinski definition) is 8. The normalized spacial score (nSPS) is 17.8. The summed E-state index contributed by atoms with van der Waals surface area (Å²) in [7, 11) is 0. The molecule has 2 aliphatic heterocycles. The minimum atomic E-state index is -0.592. The van der Waals surface area contributed by atoms with Crippen molar-refractivity contribution in [1.82, 2.24) is 4.90 Å². The fourth-order valence-corrected chi connectivity index (χ4v) is 4.18. The van der Waals surface area contributed by atoms with E-state index in [1.54, 1.807) is 12.1 Å². The summed E-state index contributed by atoms with van der Waals surface area (Å²) in [4.78, 5) is 40.5. The van der Waals surface area contributed by atoms with E-state index in [0.29, 0.717) is 36.2 Å². The molecule has 0 unspecified atom stereocenters. The molecule has 2 fully saturated rings. The van der Waals surface area contributed by atoms with Crippen LogP contribution in [0.5, 0.6) is 11.5 Å². The van der Waals surface area contributed by atoms with Gasteiger partial charge in [-0.1, -0.05) is 6.07 Å². The number of phenolic OH excluding ortho intramolecular Hbond substituents is 2. The second kappa shape index (κ2) is 9.33. The van der Waals surface area contributed by atoms with Gasteiger partial charge in [0.15, 0.2) is 11.5 Å². The van der Waals surface area contributed by atoms with Crippen molar-refractivity contribution in [2.75, 3.05) is 43.1 Å². The summed E-state index contributed by atoms with van der Waals surface area (Å²) in [6, 6.07) is 11.4. The second-order valence-electron chi connectivity index (χ2n) is 7.21. The van der Waals surface area contributed by atoms with E-state index in [2.05, 4.69) is 10.2 Å². The van der Waals surface area contributed by atoms with Crippen LogP contribution in [0.2, 0.25) is 0 Å².